The van der Waals surface area contributed by atoms with E-state index in [4.69, 9.17) is 4.74 Å². The summed E-state index contributed by atoms with van der Waals surface area (Å²) in [6, 6.07) is 15.9. The van der Waals surface area contributed by atoms with Gasteiger partial charge >= 0.3 is 12.1 Å². The summed E-state index contributed by atoms with van der Waals surface area (Å²) in [5, 5.41) is 13.3. The van der Waals surface area contributed by atoms with Crippen molar-refractivity contribution in [1.82, 2.24) is 5.32 Å². The van der Waals surface area contributed by atoms with Crippen LogP contribution in [0, 0.1) is 16.7 Å². The second-order valence-electron chi connectivity index (χ2n) is 7.42. The van der Waals surface area contributed by atoms with Crippen LogP contribution in [-0.2, 0) is 15.7 Å². The number of nitrogens with zero attached hydrogens (tertiary/aromatic N) is 1. The van der Waals surface area contributed by atoms with Crippen molar-refractivity contribution in [3.8, 4) is 6.07 Å². The zero-order chi connectivity index (χ0) is 23.4. The topological polar surface area (TPSA) is 62.1 Å². The molecule has 4 nitrogen and oxygen atoms in total. The summed E-state index contributed by atoms with van der Waals surface area (Å²) in [4.78, 5) is 14.0. The molecule has 0 aliphatic carbocycles. The average Bonchev–Trinajstić information content (AvgIpc) is 2.77. The van der Waals surface area contributed by atoms with Crippen LogP contribution < -0.4 is 5.32 Å². The predicted octanol–water partition coefficient (Wildman–Crippen LogP) is 5.53. The Hall–Kier alpha value is -2.92. The van der Waals surface area contributed by atoms with Gasteiger partial charge < -0.3 is 10.1 Å². The van der Waals surface area contributed by atoms with Crippen molar-refractivity contribution in [2.45, 2.75) is 36.9 Å². The Balaban J connectivity index is 2.11. The zero-order valence-electron chi connectivity index (χ0n) is 17.6. The largest absolute Gasteiger partial charge is 0.465 e. The van der Waals surface area contributed by atoms with E-state index in [1.165, 1.54) is 30.0 Å². The summed E-state index contributed by atoms with van der Waals surface area (Å²) in [5.41, 5.74) is -2.18. The Kier molecular flexibility index (Phi) is 7.19. The lowest BCUT2D eigenvalue weighted by Crippen LogP contribution is -2.54. The quantitative estimate of drug-likeness (QED) is 0.454. The third kappa shape index (κ3) is 4.63. The molecular weight excluding hydrogens is 437 g/mol. The van der Waals surface area contributed by atoms with Gasteiger partial charge in [0.1, 0.15) is 0 Å². The Bertz CT molecular complexity index is 1030. The van der Waals surface area contributed by atoms with E-state index in [1.807, 2.05) is 36.4 Å². The molecule has 3 unspecified atom stereocenters. The van der Waals surface area contributed by atoms with Gasteiger partial charge in [0.15, 0.2) is 5.41 Å². The molecule has 0 aromatic heterocycles. The molecule has 8 heteroatoms. The highest BCUT2D eigenvalue weighted by atomic mass is 32.2. The maximum Gasteiger partial charge on any atom is 0.416 e. The molecule has 0 spiro atoms. The second-order valence-corrected chi connectivity index (χ2v) is 8.47. The summed E-state index contributed by atoms with van der Waals surface area (Å²) < 4.78 is 46.7. The molecule has 0 bridgehead atoms. The molecule has 1 aliphatic heterocycles. The molecule has 3 rings (SSSR count). The predicted molar refractivity (Wildman–Crippen MR) is 117 cm³/mol. The highest BCUT2D eigenvalue weighted by Crippen LogP contribution is 2.48. The first-order chi connectivity index (χ1) is 15.2. The van der Waals surface area contributed by atoms with E-state index in [-0.39, 0.29) is 12.2 Å². The normalized spacial score (nSPS) is 22.9. The summed E-state index contributed by atoms with van der Waals surface area (Å²) in [6.45, 7) is 3.24. The van der Waals surface area contributed by atoms with Gasteiger partial charge in [-0.3, -0.25) is 4.79 Å². The number of benzene rings is 2. The van der Waals surface area contributed by atoms with Crippen molar-refractivity contribution in [3.05, 3.63) is 77.5 Å². The number of rotatable bonds is 6. The number of alkyl halides is 3. The van der Waals surface area contributed by atoms with Crippen LogP contribution in [0.3, 0.4) is 0 Å². The zero-order valence-corrected chi connectivity index (χ0v) is 18.5. The minimum atomic E-state index is -4.63. The Morgan fingerprint density at radius 1 is 1.19 bits per heavy atom. The number of allylic oxidation sites excluding steroid dienone is 1. The first-order valence-electron chi connectivity index (χ1n) is 10.1. The fourth-order valence-corrected chi connectivity index (χ4v) is 4.79. The summed E-state index contributed by atoms with van der Waals surface area (Å²) in [7, 11) is 0. The Labute approximate surface area is 189 Å². The molecule has 0 radical (unpaired) electrons. The van der Waals surface area contributed by atoms with Crippen LogP contribution in [-0.4, -0.2) is 24.4 Å². The van der Waals surface area contributed by atoms with Crippen LogP contribution in [0.25, 0.3) is 0 Å². The third-order valence-electron chi connectivity index (χ3n) is 5.48. The molecule has 1 N–H and O–H groups in total. The van der Waals surface area contributed by atoms with E-state index in [0.717, 1.165) is 11.0 Å². The van der Waals surface area contributed by atoms with Crippen molar-refractivity contribution >= 4 is 17.7 Å². The summed E-state index contributed by atoms with van der Waals surface area (Å²) in [6.07, 6.45) is -3.06. The van der Waals surface area contributed by atoms with Crippen molar-refractivity contribution < 1.29 is 22.7 Å². The van der Waals surface area contributed by atoms with Gasteiger partial charge in [0.25, 0.3) is 0 Å². The Morgan fingerprint density at radius 3 is 2.47 bits per heavy atom. The van der Waals surface area contributed by atoms with E-state index in [1.54, 1.807) is 19.9 Å². The first kappa shape index (κ1) is 23.7. The van der Waals surface area contributed by atoms with Crippen molar-refractivity contribution in [3.63, 3.8) is 0 Å². The lowest BCUT2D eigenvalue weighted by molar-refractivity contribution is -0.155. The molecule has 0 amide bonds. The number of hydrogen-bond donors (Lipinski definition) is 1. The number of ether oxygens (including phenoxy) is 1. The van der Waals surface area contributed by atoms with Crippen molar-refractivity contribution in [1.29, 1.82) is 5.26 Å². The van der Waals surface area contributed by atoms with Gasteiger partial charge in [-0.2, -0.15) is 18.4 Å². The summed E-state index contributed by atoms with van der Waals surface area (Å²) >= 11 is 1.51. The minimum absolute atomic E-state index is 0.0169. The van der Waals surface area contributed by atoms with Gasteiger partial charge in [-0.15, -0.1) is 11.8 Å². The molecule has 32 heavy (non-hydrogen) atoms. The van der Waals surface area contributed by atoms with Crippen LogP contribution in [0.2, 0.25) is 0 Å². The number of hydrogen-bond acceptors (Lipinski definition) is 5. The van der Waals surface area contributed by atoms with Gasteiger partial charge in [0, 0.05) is 22.3 Å². The molecule has 168 valence electrons. The molecule has 3 atom stereocenters. The van der Waals surface area contributed by atoms with Crippen LogP contribution in [0.1, 0.15) is 30.9 Å². The molecule has 1 aliphatic rings. The van der Waals surface area contributed by atoms with Crippen LogP contribution in [0.15, 0.2) is 71.3 Å². The van der Waals surface area contributed by atoms with E-state index >= 15 is 0 Å². The van der Waals surface area contributed by atoms with Gasteiger partial charge in [0.05, 0.1) is 24.3 Å². The number of nitriles is 1. The number of halogens is 3. The lowest BCUT2D eigenvalue weighted by Gasteiger charge is -2.42. The van der Waals surface area contributed by atoms with Gasteiger partial charge in [0.2, 0.25) is 0 Å². The van der Waals surface area contributed by atoms with Crippen LogP contribution in [0.5, 0.6) is 0 Å². The fourth-order valence-electron chi connectivity index (χ4n) is 3.94. The molecule has 0 saturated heterocycles. The second kappa shape index (κ2) is 9.70. The molecule has 1 heterocycles. The number of thioether (sulfide) groups is 1. The number of esters is 1. The van der Waals surface area contributed by atoms with E-state index in [9.17, 15) is 23.2 Å². The average molecular weight is 461 g/mol. The molecule has 2 aromatic rings. The molecule has 0 saturated carbocycles. The first-order valence-corrected chi connectivity index (χ1v) is 11.1. The lowest BCUT2D eigenvalue weighted by atomic mass is 9.65. The molecular formula is C24H23F3N2O2S. The van der Waals surface area contributed by atoms with Crippen molar-refractivity contribution in [2.24, 2.45) is 5.41 Å². The number of nitrogens with one attached hydrogen (secondary N) is 1. The van der Waals surface area contributed by atoms with Crippen LogP contribution >= 0.6 is 11.8 Å². The smallest absolute Gasteiger partial charge is 0.416 e. The molecule has 0 fully saturated rings. The van der Waals surface area contributed by atoms with E-state index in [0.29, 0.717) is 11.4 Å². The fraction of sp³-hybridized carbons (Fsp3) is 0.333. The van der Waals surface area contributed by atoms with Gasteiger partial charge in [-0.1, -0.05) is 42.5 Å². The monoisotopic (exact) mass is 460 g/mol. The Morgan fingerprint density at radius 2 is 1.84 bits per heavy atom. The maximum absolute atomic E-state index is 13.8. The van der Waals surface area contributed by atoms with E-state index < -0.39 is 35.1 Å². The number of carbonyl (C=O) groups is 1. The maximum atomic E-state index is 13.8. The SMILES string of the molecule is CCOC(=O)C1(C#N)C(C)NC(CSc2ccccc2)=CC1c1ccccc1C(F)(F)F. The van der Waals surface area contributed by atoms with Gasteiger partial charge in [-0.25, -0.2) is 0 Å². The number of carbonyl (C=O) groups excluding carboxylic acids is 1. The van der Waals surface area contributed by atoms with E-state index in [2.05, 4.69) is 5.32 Å². The van der Waals surface area contributed by atoms with Crippen LogP contribution in [0.4, 0.5) is 13.2 Å². The summed E-state index contributed by atoms with van der Waals surface area (Å²) in [5.74, 6) is -1.52. The highest BCUT2D eigenvalue weighted by molar-refractivity contribution is 7.99. The standard InChI is InChI=1S/C24H23F3N2O2S/c1-3-31-22(30)23(15-28)16(2)29-17(14-32-18-9-5-4-6-10-18)13-21(23)19-11-7-8-12-20(19)24(25,26)27/h4-13,16,21,29H,3,14H2,1-2H3. The highest BCUT2D eigenvalue weighted by Gasteiger charge is 2.55. The minimum Gasteiger partial charge on any atom is -0.465 e. The van der Waals surface area contributed by atoms with Gasteiger partial charge in [-0.05, 0) is 37.6 Å². The van der Waals surface area contributed by atoms with Crippen molar-refractivity contribution in [2.75, 3.05) is 12.4 Å². The third-order valence-corrected chi connectivity index (χ3v) is 6.54. The molecule has 2 aromatic carbocycles.